The maximum Gasteiger partial charge on any atom is 0.128 e. The Morgan fingerprint density at radius 1 is 1.31 bits per heavy atom. The molecule has 0 unspecified atom stereocenters. The fourth-order valence-electron chi connectivity index (χ4n) is 0.956. The maximum atomic E-state index is 13.1. The normalized spacial score (nSPS) is 11.0. The number of halogens is 3. The second kappa shape index (κ2) is 5.25. The van der Waals surface area contributed by atoms with Crippen LogP contribution in [0.1, 0.15) is 11.1 Å². The Balaban J connectivity index is 2.89. The molecule has 1 rings (SSSR count). The SMILES string of the molecule is Fc1cc(C=CCCl)ccc1CCl. The van der Waals surface area contributed by atoms with E-state index >= 15 is 0 Å². The van der Waals surface area contributed by atoms with E-state index in [9.17, 15) is 4.39 Å². The number of rotatable bonds is 3. The molecule has 1 aromatic rings. The molecule has 0 aliphatic heterocycles. The predicted octanol–water partition coefficient (Wildman–Crippen LogP) is 3.82. The van der Waals surface area contributed by atoms with E-state index in [0.717, 1.165) is 5.56 Å². The van der Waals surface area contributed by atoms with E-state index in [2.05, 4.69) is 0 Å². The van der Waals surface area contributed by atoms with Gasteiger partial charge in [0.25, 0.3) is 0 Å². The van der Waals surface area contributed by atoms with Gasteiger partial charge in [0.2, 0.25) is 0 Å². The minimum Gasteiger partial charge on any atom is -0.207 e. The Hall–Kier alpha value is -0.530. The van der Waals surface area contributed by atoms with Crippen molar-refractivity contribution in [3.8, 4) is 0 Å². The number of hydrogen-bond acceptors (Lipinski definition) is 0. The molecule has 0 saturated carbocycles. The Morgan fingerprint density at radius 2 is 2.08 bits per heavy atom. The van der Waals surface area contributed by atoms with E-state index in [1.54, 1.807) is 18.2 Å². The monoisotopic (exact) mass is 218 g/mol. The second-order valence-corrected chi connectivity index (χ2v) is 3.12. The van der Waals surface area contributed by atoms with Gasteiger partial charge in [0.1, 0.15) is 5.82 Å². The highest BCUT2D eigenvalue weighted by Crippen LogP contribution is 2.13. The zero-order valence-electron chi connectivity index (χ0n) is 6.93. The fraction of sp³-hybridized carbons (Fsp3) is 0.200. The molecule has 0 spiro atoms. The van der Waals surface area contributed by atoms with Crippen LogP contribution in [0.2, 0.25) is 0 Å². The van der Waals surface area contributed by atoms with Crippen molar-refractivity contribution in [3.05, 3.63) is 41.2 Å². The van der Waals surface area contributed by atoms with E-state index in [4.69, 9.17) is 23.2 Å². The van der Waals surface area contributed by atoms with Crippen LogP contribution in [-0.2, 0) is 5.88 Å². The Labute approximate surface area is 87.0 Å². The van der Waals surface area contributed by atoms with Gasteiger partial charge in [0.05, 0.1) is 5.88 Å². The van der Waals surface area contributed by atoms with Crippen LogP contribution in [0.4, 0.5) is 4.39 Å². The average molecular weight is 219 g/mol. The van der Waals surface area contributed by atoms with E-state index in [1.807, 2.05) is 6.07 Å². The first-order chi connectivity index (χ1) is 6.27. The maximum absolute atomic E-state index is 13.1. The van der Waals surface area contributed by atoms with Gasteiger partial charge in [-0.05, 0) is 11.6 Å². The van der Waals surface area contributed by atoms with E-state index in [1.165, 1.54) is 6.07 Å². The third-order valence-corrected chi connectivity index (χ3v) is 2.09. The minimum absolute atomic E-state index is 0.200. The summed E-state index contributed by atoms with van der Waals surface area (Å²) in [4.78, 5) is 0. The van der Waals surface area contributed by atoms with Gasteiger partial charge in [-0.15, -0.1) is 23.2 Å². The lowest BCUT2D eigenvalue weighted by molar-refractivity contribution is 0.616. The van der Waals surface area contributed by atoms with Crippen LogP contribution in [0.25, 0.3) is 6.08 Å². The second-order valence-electron chi connectivity index (χ2n) is 2.54. The highest BCUT2D eigenvalue weighted by molar-refractivity contribution is 6.19. The van der Waals surface area contributed by atoms with E-state index in [0.29, 0.717) is 11.4 Å². The molecule has 70 valence electrons. The average Bonchev–Trinajstić information content (AvgIpc) is 2.15. The van der Waals surface area contributed by atoms with Crippen molar-refractivity contribution in [2.45, 2.75) is 5.88 Å². The summed E-state index contributed by atoms with van der Waals surface area (Å²) in [5.74, 6) is 0.358. The van der Waals surface area contributed by atoms with Crippen LogP contribution in [-0.4, -0.2) is 5.88 Å². The summed E-state index contributed by atoms with van der Waals surface area (Å²) in [6, 6.07) is 4.93. The van der Waals surface area contributed by atoms with Crippen molar-refractivity contribution < 1.29 is 4.39 Å². The predicted molar refractivity (Wildman–Crippen MR) is 55.7 cm³/mol. The molecule has 0 nitrogen and oxygen atoms in total. The first kappa shape index (κ1) is 10.6. The highest BCUT2D eigenvalue weighted by atomic mass is 35.5. The van der Waals surface area contributed by atoms with Gasteiger partial charge in [0, 0.05) is 11.4 Å². The molecule has 3 heteroatoms. The van der Waals surface area contributed by atoms with Crippen molar-refractivity contribution in [1.82, 2.24) is 0 Å². The van der Waals surface area contributed by atoms with Gasteiger partial charge in [0.15, 0.2) is 0 Å². The summed E-state index contributed by atoms with van der Waals surface area (Å²) in [5.41, 5.74) is 1.32. The topological polar surface area (TPSA) is 0 Å². The summed E-state index contributed by atoms with van der Waals surface area (Å²) < 4.78 is 13.1. The van der Waals surface area contributed by atoms with Crippen LogP contribution in [0.5, 0.6) is 0 Å². The molecule has 0 fully saturated rings. The van der Waals surface area contributed by atoms with Gasteiger partial charge < -0.3 is 0 Å². The molecule has 0 saturated heterocycles. The van der Waals surface area contributed by atoms with Gasteiger partial charge in [-0.2, -0.15) is 0 Å². The summed E-state index contributed by atoms with van der Waals surface area (Å²) in [6.07, 6.45) is 3.53. The number of hydrogen-bond donors (Lipinski definition) is 0. The molecule has 0 amide bonds. The molecular formula is C10H9Cl2F. The van der Waals surface area contributed by atoms with E-state index < -0.39 is 0 Å². The van der Waals surface area contributed by atoms with Crippen molar-refractivity contribution in [2.24, 2.45) is 0 Å². The number of allylic oxidation sites excluding steroid dienone is 1. The van der Waals surface area contributed by atoms with Crippen LogP contribution in [0.3, 0.4) is 0 Å². The molecule has 0 N–H and O–H groups in total. The molecule has 13 heavy (non-hydrogen) atoms. The highest BCUT2D eigenvalue weighted by Gasteiger charge is 1.99. The molecule has 0 aromatic heterocycles. The molecule has 0 bridgehead atoms. The van der Waals surface area contributed by atoms with Gasteiger partial charge in [-0.3, -0.25) is 0 Å². The van der Waals surface area contributed by atoms with Gasteiger partial charge in [-0.1, -0.05) is 24.3 Å². The molecule has 0 aliphatic rings. The lowest BCUT2D eigenvalue weighted by Crippen LogP contribution is -1.86. The molecule has 0 aliphatic carbocycles. The molecule has 1 aromatic carbocycles. The summed E-state index contributed by atoms with van der Waals surface area (Å²) in [6.45, 7) is 0. The third-order valence-electron chi connectivity index (χ3n) is 1.62. The number of benzene rings is 1. The van der Waals surface area contributed by atoms with Gasteiger partial charge in [-0.25, -0.2) is 4.39 Å². The third kappa shape index (κ3) is 3.02. The zero-order chi connectivity index (χ0) is 9.68. The van der Waals surface area contributed by atoms with Crippen LogP contribution >= 0.6 is 23.2 Å². The first-order valence-corrected chi connectivity index (χ1v) is 4.91. The van der Waals surface area contributed by atoms with E-state index in [-0.39, 0.29) is 11.7 Å². The lowest BCUT2D eigenvalue weighted by atomic mass is 10.1. The largest absolute Gasteiger partial charge is 0.207 e. The van der Waals surface area contributed by atoms with Crippen LogP contribution < -0.4 is 0 Å². The standard InChI is InChI=1S/C10H9Cl2F/c11-5-1-2-8-3-4-9(7-12)10(13)6-8/h1-4,6H,5,7H2. The van der Waals surface area contributed by atoms with Crippen molar-refractivity contribution in [3.63, 3.8) is 0 Å². The van der Waals surface area contributed by atoms with Crippen molar-refractivity contribution in [1.29, 1.82) is 0 Å². The van der Waals surface area contributed by atoms with Crippen molar-refractivity contribution in [2.75, 3.05) is 5.88 Å². The van der Waals surface area contributed by atoms with Crippen molar-refractivity contribution >= 4 is 29.3 Å². The molecular weight excluding hydrogens is 210 g/mol. The Kier molecular flexibility index (Phi) is 4.26. The lowest BCUT2D eigenvalue weighted by Gasteiger charge is -1.99. The van der Waals surface area contributed by atoms with Crippen LogP contribution in [0, 0.1) is 5.82 Å². The van der Waals surface area contributed by atoms with Crippen LogP contribution in [0.15, 0.2) is 24.3 Å². The zero-order valence-corrected chi connectivity index (χ0v) is 8.45. The quantitative estimate of drug-likeness (QED) is 0.678. The van der Waals surface area contributed by atoms with Gasteiger partial charge >= 0.3 is 0 Å². The molecule has 0 atom stereocenters. The first-order valence-electron chi connectivity index (χ1n) is 3.85. The Morgan fingerprint density at radius 3 is 2.62 bits per heavy atom. The Bertz CT molecular complexity index is 308. The smallest absolute Gasteiger partial charge is 0.128 e. The number of alkyl halides is 2. The fourth-order valence-corrected chi connectivity index (χ4v) is 1.26. The summed E-state index contributed by atoms with van der Waals surface area (Å²) >= 11 is 11.0. The molecule has 0 radical (unpaired) electrons. The summed E-state index contributed by atoms with van der Waals surface area (Å²) in [5, 5.41) is 0. The summed E-state index contributed by atoms with van der Waals surface area (Å²) in [7, 11) is 0. The minimum atomic E-state index is -0.272. The molecule has 0 heterocycles.